The fraction of sp³-hybridized carbons (Fsp3) is 0.211. The summed E-state index contributed by atoms with van der Waals surface area (Å²) in [6.07, 6.45) is 2.78. The molecule has 2 aromatic rings. The number of phenols is 1. The molecular formula is C19H14Cl2O2. The second-order valence-corrected chi connectivity index (χ2v) is 6.78. The summed E-state index contributed by atoms with van der Waals surface area (Å²) in [6, 6.07) is 11.7. The van der Waals surface area contributed by atoms with E-state index in [1.54, 1.807) is 6.07 Å². The molecule has 0 saturated heterocycles. The molecule has 2 nitrogen and oxygen atoms in total. The van der Waals surface area contributed by atoms with Gasteiger partial charge >= 0.3 is 0 Å². The van der Waals surface area contributed by atoms with Gasteiger partial charge in [-0.05, 0) is 42.0 Å². The molecule has 2 aliphatic carbocycles. The molecule has 116 valence electrons. The molecule has 2 aliphatic rings. The Morgan fingerprint density at radius 1 is 1.09 bits per heavy atom. The van der Waals surface area contributed by atoms with Crippen molar-refractivity contribution in [3.05, 3.63) is 68.7 Å². The molecule has 4 heteroatoms. The zero-order valence-electron chi connectivity index (χ0n) is 12.3. The Bertz CT molecular complexity index is 853. The van der Waals surface area contributed by atoms with Crippen molar-refractivity contribution < 1.29 is 9.90 Å². The minimum atomic E-state index is -0.0706. The summed E-state index contributed by atoms with van der Waals surface area (Å²) >= 11 is 12.3. The molecule has 0 aromatic heterocycles. The van der Waals surface area contributed by atoms with Gasteiger partial charge in [0, 0.05) is 11.5 Å². The Labute approximate surface area is 144 Å². The largest absolute Gasteiger partial charge is 0.506 e. The Hall–Kier alpha value is -1.77. The first-order valence-electron chi connectivity index (χ1n) is 7.63. The van der Waals surface area contributed by atoms with Crippen LogP contribution in [0.2, 0.25) is 10.0 Å². The van der Waals surface area contributed by atoms with Crippen molar-refractivity contribution in [2.75, 3.05) is 0 Å². The number of hydrogen-bond acceptors (Lipinski definition) is 2. The molecule has 4 rings (SSSR count). The van der Waals surface area contributed by atoms with Crippen LogP contribution in [0.3, 0.4) is 0 Å². The molecule has 0 saturated carbocycles. The molecule has 2 aromatic carbocycles. The van der Waals surface area contributed by atoms with E-state index >= 15 is 0 Å². The molecule has 0 heterocycles. The third kappa shape index (κ3) is 2.13. The summed E-state index contributed by atoms with van der Waals surface area (Å²) in [7, 11) is 0. The highest BCUT2D eigenvalue weighted by Gasteiger charge is 2.39. The third-order valence-corrected chi connectivity index (χ3v) is 5.64. The van der Waals surface area contributed by atoms with Gasteiger partial charge in [0.05, 0.1) is 10.6 Å². The minimum absolute atomic E-state index is 0.0459. The van der Waals surface area contributed by atoms with Crippen molar-refractivity contribution in [3.8, 4) is 5.75 Å². The first-order valence-corrected chi connectivity index (χ1v) is 8.39. The Morgan fingerprint density at radius 3 is 2.57 bits per heavy atom. The molecule has 0 bridgehead atoms. The zero-order chi connectivity index (χ0) is 16.1. The number of fused-ring (bicyclic) bond motifs is 2. The van der Waals surface area contributed by atoms with Gasteiger partial charge in [-0.3, -0.25) is 4.79 Å². The maximum Gasteiger partial charge on any atom is 0.192 e. The summed E-state index contributed by atoms with van der Waals surface area (Å²) in [5.74, 6) is -0.0360. The minimum Gasteiger partial charge on any atom is -0.506 e. The normalized spacial score (nSPS) is 19.7. The third-order valence-electron chi connectivity index (χ3n) is 4.78. The average Bonchev–Trinajstić information content (AvgIpc) is 2.86. The van der Waals surface area contributed by atoms with E-state index in [9.17, 15) is 9.90 Å². The quantitative estimate of drug-likeness (QED) is 0.729. The van der Waals surface area contributed by atoms with Crippen LogP contribution in [-0.4, -0.2) is 10.9 Å². The number of allylic oxidation sites excluding steroid dienone is 2. The molecule has 0 radical (unpaired) electrons. The van der Waals surface area contributed by atoms with Crippen molar-refractivity contribution in [1.82, 2.24) is 0 Å². The molecule has 0 amide bonds. The summed E-state index contributed by atoms with van der Waals surface area (Å²) in [5.41, 5.74) is 4.17. The van der Waals surface area contributed by atoms with Crippen LogP contribution in [0.25, 0.3) is 5.57 Å². The van der Waals surface area contributed by atoms with Gasteiger partial charge in [0.1, 0.15) is 10.8 Å². The second-order valence-electron chi connectivity index (χ2n) is 6.02. The lowest BCUT2D eigenvalue weighted by Crippen LogP contribution is -2.13. The number of halogens is 2. The van der Waals surface area contributed by atoms with Crippen molar-refractivity contribution in [2.45, 2.75) is 25.2 Å². The molecule has 1 N–H and O–H groups in total. The number of hydrogen-bond donors (Lipinski definition) is 1. The SMILES string of the molecule is O=C1C2=C(CCC[C@H]2c2ccccc2)c2cc(O)c(Cl)c(Cl)c21. The Morgan fingerprint density at radius 2 is 1.83 bits per heavy atom. The number of aromatic hydroxyl groups is 1. The van der Waals surface area contributed by atoms with Crippen molar-refractivity contribution in [1.29, 1.82) is 0 Å². The first kappa shape index (κ1) is 14.8. The first-order chi connectivity index (χ1) is 11.1. The Balaban J connectivity index is 1.92. The zero-order valence-corrected chi connectivity index (χ0v) is 13.8. The maximum absolute atomic E-state index is 13.0. The summed E-state index contributed by atoms with van der Waals surface area (Å²) < 4.78 is 0. The Kier molecular flexibility index (Phi) is 3.47. The summed E-state index contributed by atoms with van der Waals surface area (Å²) in [6.45, 7) is 0. The van der Waals surface area contributed by atoms with Crippen LogP contribution >= 0.6 is 23.2 Å². The van der Waals surface area contributed by atoms with Gasteiger partial charge in [0.25, 0.3) is 0 Å². The van der Waals surface area contributed by atoms with E-state index in [0.29, 0.717) is 5.56 Å². The van der Waals surface area contributed by atoms with E-state index in [1.165, 1.54) is 0 Å². The average molecular weight is 345 g/mol. The van der Waals surface area contributed by atoms with Crippen molar-refractivity contribution in [3.63, 3.8) is 0 Å². The lowest BCUT2D eigenvalue weighted by Gasteiger charge is -2.24. The highest BCUT2D eigenvalue weighted by Crippen LogP contribution is 2.52. The van der Waals surface area contributed by atoms with Crippen LogP contribution in [-0.2, 0) is 0 Å². The van der Waals surface area contributed by atoms with Gasteiger partial charge in [0.2, 0.25) is 0 Å². The smallest absolute Gasteiger partial charge is 0.192 e. The van der Waals surface area contributed by atoms with Gasteiger partial charge in [-0.15, -0.1) is 0 Å². The standard InChI is InChI=1S/C19H14Cl2O2/c20-17-14(22)9-13-12-8-4-7-11(10-5-2-1-3-6-10)15(12)19(23)16(13)18(17)21/h1-3,5-6,9,11,22H,4,7-8H2/t11-/m0/s1. The molecule has 0 fully saturated rings. The molecule has 1 atom stereocenters. The second kappa shape index (κ2) is 5.40. The van der Waals surface area contributed by atoms with Crippen molar-refractivity contribution in [2.24, 2.45) is 0 Å². The fourth-order valence-corrected chi connectivity index (χ4v) is 4.21. The molecule has 0 aliphatic heterocycles. The molecular weight excluding hydrogens is 331 g/mol. The summed E-state index contributed by atoms with van der Waals surface area (Å²) in [4.78, 5) is 13.0. The van der Waals surface area contributed by atoms with Crippen LogP contribution in [0.5, 0.6) is 5.75 Å². The predicted octanol–water partition coefficient (Wildman–Crippen LogP) is 5.62. The molecule has 0 unspecified atom stereocenters. The topological polar surface area (TPSA) is 37.3 Å². The number of benzene rings is 2. The van der Waals surface area contributed by atoms with Gasteiger partial charge in [-0.1, -0.05) is 53.5 Å². The van der Waals surface area contributed by atoms with E-state index in [1.807, 2.05) is 18.2 Å². The van der Waals surface area contributed by atoms with E-state index in [4.69, 9.17) is 23.2 Å². The van der Waals surface area contributed by atoms with E-state index in [0.717, 1.165) is 41.5 Å². The van der Waals surface area contributed by atoms with Gasteiger partial charge in [-0.2, -0.15) is 0 Å². The lowest BCUT2D eigenvalue weighted by atomic mass is 9.79. The van der Waals surface area contributed by atoms with Crippen LogP contribution in [0, 0.1) is 0 Å². The van der Waals surface area contributed by atoms with E-state index in [-0.39, 0.29) is 27.5 Å². The lowest BCUT2D eigenvalue weighted by molar-refractivity contribution is 0.103. The number of rotatable bonds is 1. The van der Waals surface area contributed by atoms with E-state index < -0.39 is 0 Å². The molecule has 0 spiro atoms. The predicted molar refractivity (Wildman–Crippen MR) is 92.4 cm³/mol. The summed E-state index contributed by atoms with van der Waals surface area (Å²) in [5, 5.41) is 10.2. The number of carbonyl (C=O) groups is 1. The van der Waals surface area contributed by atoms with Gasteiger partial charge in [-0.25, -0.2) is 0 Å². The number of carbonyl (C=O) groups excluding carboxylic acids is 1. The van der Waals surface area contributed by atoms with Gasteiger partial charge < -0.3 is 5.11 Å². The van der Waals surface area contributed by atoms with E-state index in [2.05, 4.69) is 12.1 Å². The van der Waals surface area contributed by atoms with Crippen LogP contribution in [0.1, 0.15) is 46.7 Å². The monoisotopic (exact) mass is 344 g/mol. The van der Waals surface area contributed by atoms with Crippen LogP contribution in [0.15, 0.2) is 42.0 Å². The number of ketones is 1. The maximum atomic E-state index is 13.0. The van der Waals surface area contributed by atoms with Crippen LogP contribution < -0.4 is 0 Å². The van der Waals surface area contributed by atoms with Crippen LogP contribution in [0.4, 0.5) is 0 Å². The number of phenolic OH excluding ortho intramolecular Hbond substituents is 1. The fourth-order valence-electron chi connectivity index (χ4n) is 3.77. The molecule has 23 heavy (non-hydrogen) atoms. The number of Topliss-reactive ketones (excluding diaryl/α,β-unsaturated/α-hetero) is 1. The van der Waals surface area contributed by atoms with Gasteiger partial charge in [0.15, 0.2) is 5.78 Å². The highest BCUT2D eigenvalue weighted by molar-refractivity contribution is 6.46. The highest BCUT2D eigenvalue weighted by atomic mass is 35.5. The van der Waals surface area contributed by atoms with Crippen molar-refractivity contribution >= 4 is 34.6 Å².